The van der Waals surface area contributed by atoms with Crippen LogP contribution in [0.2, 0.25) is 0 Å². The number of ether oxygens (including phenoxy) is 1. The van der Waals surface area contributed by atoms with Crippen molar-refractivity contribution in [1.82, 2.24) is 0 Å². The minimum Gasteiger partial charge on any atom is -0.508 e. The van der Waals surface area contributed by atoms with E-state index in [9.17, 15) is 9.50 Å². The normalized spacial score (nSPS) is 16.8. The van der Waals surface area contributed by atoms with Crippen LogP contribution < -0.4 is 10.1 Å². The number of hydrogen-bond acceptors (Lipinski definition) is 4. The molecule has 1 unspecified atom stereocenters. The molecule has 0 bridgehead atoms. The van der Waals surface area contributed by atoms with E-state index < -0.39 is 5.82 Å². The van der Waals surface area contributed by atoms with Crippen LogP contribution in [0.5, 0.6) is 17.2 Å². The molecule has 4 nitrogen and oxygen atoms in total. The third-order valence-corrected chi connectivity index (χ3v) is 3.07. The van der Waals surface area contributed by atoms with Gasteiger partial charge in [0.25, 0.3) is 0 Å². The summed E-state index contributed by atoms with van der Waals surface area (Å²) < 4.78 is 18.7. The summed E-state index contributed by atoms with van der Waals surface area (Å²) in [5.74, 6) is -0.278. The zero-order chi connectivity index (χ0) is 13.4. The maximum Gasteiger partial charge on any atom is 0.166 e. The highest BCUT2D eigenvalue weighted by atomic mass is 19.1. The van der Waals surface area contributed by atoms with E-state index in [2.05, 4.69) is 5.32 Å². The lowest BCUT2D eigenvalue weighted by Gasteiger charge is -2.13. The SMILES string of the molecule is Oc1ccc2c(c1)OCC2Nc1ccc(O)c(F)c1. The minimum absolute atomic E-state index is 0.112. The molecule has 1 heterocycles. The molecule has 0 aromatic heterocycles. The average Bonchev–Trinajstić information content (AvgIpc) is 2.76. The van der Waals surface area contributed by atoms with Gasteiger partial charge in [0.2, 0.25) is 0 Å². The van der Waals surface area contributed by atoms with Crippen LogP contribution in [-0.2, 0) is 0 Å². The molecular weight excluding hydrogens is 249 g/mol. The third-order valence-electron chi connectivity index (χ3n) is 3.07. The van der Waals surface area contributed by atoms with Crippen LogP contribution in [-0.4, -0.2) is 16.8 Å². The van der Waals surface area contributed by atoms with Crippen LogP contribution in [0.3, 0.4) is 0 Å². The van der Waals surface area contributed by atoms with Crippen molar-refractivity contribution in [3.05, 3.63) is 47.8 Å². The summed E-state index contributed by atoms with van der Waals surface area (Å²) in [5, 5.41) is 21.6. The molecule has 5 heteroatoms. The van der Waals surface area contributed by atoms with Crippen LogP contribution in [0.1, 0.15) is 11.6 Å². The fourth-order valence-electron chi connectivity index (χ4n) is 2.12. The summed E-state index contributed by atoms with van der Waals surface area (Å²) in [5.41, 5.74) is 1.47. The summed E-state index contributed by atoms with van der Waals surface area (Å²) in [7, 11) is 0. The van der Waals surface area contributed by atoms with E-state index in [0.29, 0.717) is 18.0 Å². The molecule has 1 aliphatic rings. The third kappa shape index (κ3) is 2.14. The molecule has 19 heavy (non-hydrogen) atoms. The lowest BCUT2D eigenvalue weighted by atomic mass is 10.1. The maximum atomic E-state index is 13.2. The Kier molecular flexibility index (Phi) is 2.67. The van der Waals surface area contributed by atoms with Gasteiger partial charge >= 0.3 is 0 Å². The van der Waals surface area contributed by atoms with Crippen molar-refractivity contribution in [2.24, 2.45) is 0 Å². The van der Waals surface area contributed by atoms with Crippen LogP contribution >= 0.6 is 0 Å². The highest BCUT2D eigenvalue weighted by Crippen LogP contribution is 2.37. The van der Waals surface area contributed by atoms with Gasteiger partial charge in [0.15, 0.2) is 11.6 Å². The van der Waals surface area contributed by atoms with Gasteiger partial charge in [0, 0.05) is 23.4 Å². The van der Waals surface area contributed by atoms with E-state index in [0.717, 1.165) is 5.56 Å². The van der Waals surface area contributed by atoms with Crippen molar-refractivity contribution in [3.8, 4) is 17.2 Å². The summed E-state index contributed by atoms with van der Waals surface area (Å²) in [4.78, 5) is 0. The number of benzene rings is 2. The number of aromatic hydroxyl groups is 2. The average molecular weight is 261 g/mol. The number of halogens is 1. The van der Waals surface area contributed by atoms with E-state index >= 15 is 0 Å². The first-order valence-corrected chi connectivity index (χ1v) is 5.84. The Hall–Kier alpha value is -2.43. The van der Waals surface area contributed by atoms with E-state index in [1.165, 1.54) is 12.1 Å². The second-order valence-corrected chi connectivity index (χ2v) is 4.40. The van der Waals surface area contributed by atoms with Gasteiger partial charge in [-0.1, -0.05) is 0 Å². The first-order valence-electron chi connectivity index (χ1n) is 5.84. The predicted molar refractivity (Wildman–Crippen MR) is 68.0 cm³/mol. The minimum atomic E-state index is -0.671. The Labute approximate surface area is 109 Å². The van der Waals surface area contributed by atoms with E-state index in [1.54, 1.807) is 24.3 Å². The van der Waals surface area contributed by atoms with E-state index in [-0.39, 0.29) is 17.5 Å². The van der Waals surface area contributed by atoms with Crippen molar-refractivity contribution >= 4 is 5.69 Å². The number of hydrogen-bond donors (Lipinski definition) is 3. The van der Waals surface area contributed by atoms with Gasteiger partial charge in [0.05, 0.1) is 6.04 Å². The van der Waals surface area contributed by atoms with Crippen molar-refractivity contribution in [1.29, 1.82) is 0 Å². The summed E-state index contributed by atoms with van der Waals surface area (Å²) in [6.45, 7) is 0.404. The van der Waals surface area contributed by atoms with Gasteiger partial charge in [-0.25, -0.2) is 4.39 Å². The second-order valence-electron chi connectivity index (χ2n) is 4.40. The molecule has 3 rings (SSSR count). The summed E-state index contributed by atoms with van der Waals surface area (Å²) in [6, 6.07) is 8.91. The number of phenols is 2. The fraction of sp³-hybridized carbons (Fsp3) is 0.143. The lowest BCUT2D eigenvalue weighted by molar-refractivity contribution is 0.338. The zero-order valence-corrected chi connectivity index (χ0v) is 9.93. The molecule has 2 aromatic rings. The van der Waals surface area contributed by atoms with Crippen LogP contribution in [0.25, 0.3) is 0 Å². The Bertz CT molecular complexity index is 630. The molecule has 0 aliphatic carbocycles. The molecule has 0 amide bonds. The molecule has 0 saturated carbocycles. The van der Waals surface area contributed by atoms with Gasteiger partial charge in [-0.05, 0) is 24.3 Å². The number of fused-ring (bicyclic) bond motifs is 1. The zero-order valence-electron chi connectivity index (χ0n) is 9.93. The van der Waals surface area contributed by atoms with E-state index in [1.807, 2.05) is 0 Å². The van der Waals surface area contributed by atoms with Gasteiger partial charge < -0.3 is 20.3 Å². The predicted octanol–water partition coefficient (Wildman–Crippen LogP) is 2.78. The van der Waals surface area contributed by atoms with Crippen LogP contribution in [0.15, 0.2) is 36.4 Å². The Balaban J connectivity index is 1.84. The number of rotatable bonds is 2. The van der Waals surface area contributed by atoms with E-state index in [4.69, 9.17) is 9.84 Å². The first-order chi connectivity index (χ1) is 9.13. The Morgan fingerprint density at radius 3 is 2.79 bits per heavy atom. The molecule has 98 valence electrons. The first kappa shape index (κ1) is 11.6. The van der Waals surface area contributed by atoms with Gasteiger partial charge in [0.1, 0.15) is 18.1 Å². The largest absolute Gasteiger partial charge is 0.508 e. The van der Waals surface area contributed by atoms with Crippen molar-refractivity contribution in [3.63, 3.8) is 0 Å². The van der Waals surface area contributed by atoms with Gasteiger partial charge in [-0.2, -0.15) is 0 Å². The maximum absolute atomic E-state index is 13.2. The molecule has 2 aromatic carbocycles. The van der Waals surface area contributed by atoms with Crippen LogP contribution in [0, 0.1) is 5.82 Å². The fourth-order valence-corrected chi connectivity index (χ4v) is 2.12. The Morgan fingerprint density at radius 1 is 1.16 bits per heavy atom. The standard InChI is InChI=1S/C14H12FNO3/c15-11-5-8(1-4-13(11)18)16-12-7-19-14-6-9(17)2-3-10(12)14/h1-6,12,16-18H,7H2. The molecular formula is C14H12FNO3. The summed E-state index contributed by atoms with van der Waals surface area (Å²) in [6.07, 6.45) is 0. The van der Waals surface area contributed by atoms with Gasteiger partial charge in [-0.3, -0.25) is 0 Å². The molecule has 0 saturated heterocycles. The highest BCUT2D eigenvalue weighted by Gasteiger charge is 2.24. The van der Waals surface area contributed by atoms with Crippen molar-refractivity contribution < 1.29 is 19.3 Å². The molecule has 0 fully saturated rings. The second kappa shape index (κ2) is 4.35. The lowest BCUT2D eigenvalue weighted by Crippen LogP contribution is -2.11. The molecule has 1 aliphatic heterocycles. The Morgan fingerprint density at radius 2 is 2.00 bits per heavy atom. The molecule has 3 N–H and O–H groups in total. The molecule has 0 spiro atoms. The molecule has 0 radical (unpaired) electrons. The van der Waals surface area contributed by atoms with Crippen LogP contribution in [0.4, 0.5) is 10.1 Å². The van der Waals surface area contributed by atoms with Crippen molar-refractivity contribution in [2.75, 3.05) is 11.9 Å². The number of anilines is 1. The van der Waals surface area contributed by atoms with Crippen molar-refractivity contribution in [2.45, 2.75) is 6.04 Å². The highest BCUT2D eigenvalue weighted by molar-refractivity contribution is 5.52. The smallest absolute Gasteiger partial charge is 0.166 e. The topological polar surface area (TPSA) is 61.7 Å². The monoisotopic (exact) mass is 261 g/mol. The van der Waals surface area contributed by atoms with Gasteiger partial charge in [-0.15, -0.1) is 0 Å². The number of phenolic OH excluding ortho intramolecular Hbond substituents is 2. The molecule has 1 atom stereocenters. The number of nitrogens with one attached hydrogen (secondary N) is 1. The summed E-state index contributed by atoms with van der Waals surface area (Å²) >= 11 is 0. The quantitative estimate of drug-likeness (QED) is 0.727.